The second-order valence-corrected chi connectivity index (χ2v) is 5.61. The van der Waals surface area contributed by atoms with Crippen molar-refractivity contribution in [3.05, 3.63) is 16.6 Å². The number of aliphatic imine (C=N–C) groups is 1. The van der Waals surface area contributed by atoms with E-state index in [2.05, 4.69) is 43.0 Å². The zero-order chi connectivity index (χ0) is 12.2. The molecular formula is C11H20N4S. The van der Waals surface area contributed by atoms with E-state index in [1.807, 2.05) is 5.38 Å². The van der Waals surface area contributed by atoms with Crippen LogP contribution in [0.4, 0.5) is 0 Å². The summed E-state index contributed by atoms with van der Waals surface area (Å²) in [6.45, 7) is 8.25. The maximum Gasteiger partial charge on any atom is 0.189 e. The Labute approximate surface area is 101 Å². The number of nitrogens with one attached hydrogen (secondary N) is 1. The molecule has 0 amide bonds. The predicted octanol–water partition coefficient (Wildman–Crippen LogP) is 2.30. The quantitative estimate of drug-likeness (QED) is 0.629. The lowest BCUT2D eigenvalue weighted by Crippen LogP contribution is -2.45. The Morgan fingerprint density at radius 1 is 1.62 bits per heavy atom. The molecule has 0 aliphatic carbocycles. The number of guanidine groups is 1. The Morgan fingerprint density at radius 2 is 2.31 bits per heavy atom. The summed E-state index contributed by atoms with van der Waals surface area (Å²) in [6.07, 6.45) is 2.70. The van der Waals surface area contributed by atoms with Gasteiger partial charge in [-0.05, 0) is 27.2 Å². The Hall–Kier alpha value is -1.10. The van der Waals surface area contributed by atoms with Crippen molar-refractivity contribution < 1.29 is 0 Å². The molecule has 0 radical (unpaired) electrons. The standard InChI is InChI=1S/C11H20N4S/c1-5-8(9-13-6-7-16-9)14-10(12)15-11(2,3)4/h6-8H,5H2,1-4H3,(H3,12,14,15). The van der Waals surface area contributed by atoms with Crippen LogP contribution in [0.2, 0.25) is 0 Å². The minimum Gasteiger partial charge on any atom is -0.370 e. The summed E-state index contributed by atoms with van der Waals surface area (Å²) < 4.78 is 0. The molecule has 1 heterocycles. The van der Waals surface area contributed by atoms with E-state index in [1.54, 1.807) is 17.5 Å². The highest BCUT2D eigenvalue weighted by molar-refractivity contribution is 7.09. The number of aromatic nitrogens is 1. The Balaban J connectivity index is 2.72. The molecule has 5 heteroatoms. The number of rotatable bonds is 3. The van der Waals surface area contributed by atoms with Gasteiger partial charge in [0.25, 0.3) is 0 Å². The molecule has 0 bridgehead atoms. The Kier molecular flexibility index (Phi) is 4.29. The number of hydrogen-bond donors (Lipinski definition) is 2. The van der Waals surface area contributed by atoms with E-state index in [4.69, 9.17) is 5.73 Å². The van der Waals surface area contributed by atoms with E-state index in [-0.39, 0.29) is 11.6 Å². The van der Waals surface area contributed by atoms with E-state index < -0.39 is 0 Å². The molecule has 90 valence electrons. The highest BCUT2D eigenvalue weighted by Crippen LogP contribution is 2.22. The van der Waals surface area contributed by atoms with Gasteiger partial charge in [0.2, 0.25) is 0 Å². The van der Waals surface area contributed by atoms with Gasteiger partial charge >= 0.3 is 0 Å². The van der Waals surface area contributed by atoms with Crippen LogP contribution in [-0.4, -0.2) is 16.5 Å². The zero-order valence-corrected chi connectivity index (χ0v) is 11.1. The lowest BCUT2D eigenvalue weighted by molar-refractivity contribution is 0.505. The average Bonchev–Trinajstić information content (AvgIpc) is 2.63. The molecule has 0 aliphatic rings. The third-order valence-electron chi connectivity index (χ3n) is 1.92. The fourth-order valence-corrected chi connectivity index (χ4v) is 2.06. The van der Waals surface area contributed by atoms with Crippen molar-refractivity contribution in [2.75, 3.05) is 0 Å². The van der Waals surface area contributed by atoms with Crippen LogP contribution in [0, 0.1) is 0 Å². The summed E-state index contributed by atoms with van der Waals surface area (Å²) in [7, 11) is 0. The van der Waals surface area contributed by atoms with Crippen molar-refractivity contribution in [3.63, 3.8) is 0 Å². The first kappa shape index (κ1) is 13.0. The first-order chi connectivity index (χ1) is 7.42. The van der Waals surface area contributed by atoms with Crippen LogP contribution in [0.3, 0.4) is 0 Å². The first-order valence-corrected chi connectivity index (χ1v) is 6.31. The molecule has 0 aromatic carbocycles. The van der Waals surface area contributed by atoms with Gasteiger partial charge in [-0.25, -0.2) is 9.98 Å². The number of nitrogens with two attached hydrogens (primary N) is 1. The van der Waals surface area contributed by atoms with Gasteiger partial charge < -0.3 is 11.1 Å². The number of thiazole rings is 1. The smallest absolute Gasteiger partial charge is 0.189 e. The van der Waals surface area contributed by atoms with E-state index in [0.29, 0.717) is 5.96 Å². The van der Waals surface area contributed by atoms with Crippen LogP contribution in [0.5, 0.6) is 0 Å². The highest BCUT2D eigenvalue weighted by Gasteiger charge is 2.14. The molecule has 0 fully saturated rings. The SMILES string of the molecule is CCC(N=C(N)NC(C)(C)C)c1nccs1. The maximum atomic E-state index is 5.86. The largest absolute Gasteiger partial charge is 0.370 e. The monoisotopic (exact) mass is 240 g/mol. The molecule has 16 heavy (non-hydrogen) atoms. The zero-order valence-electron chi connectivity index (χ0n) is 10.3. The van der Waals surface area contributed by atoms with Crippen LogP contribution >= 0.6 is 11.3 Å². The summed E-state index contributed by atoms with van der Waals surface area (Å²) in [5, 5.41) is 6.12. The summed E-state index contributed by atoms with van der Waals surface area (Å²) in [6, 6.07) is 0.0647. The second kappa shape index (κ2) is 5.30. The predicted molar refractivity (Wildman–Crippen MR) is 69.7 cm³/mol. The van der Waals surface area contributed by atoms with E-state index in [0.717, 1.165) is 11.4 Å². The van der Waals surface area contributed by atoms with Gasteiger partial charge in [-0.2, -0.15) is 0 Å². The second-order valence-electron chi connectivity index (χ2n) is 4.68. The maximum absolute atomic E-state index is 5.86. The Bertz CT molecular complexity index is 337. The van der Waals surface area contributed by atoms with E-state index in [1.165, 1.54) is 0 Å². The third kappa shape index (κ3) is 4.18. The summed E-state index contributed by atoms with van der Waals surface area (Å²) >= 11 is 1.61. The minimum absolute atomic E-state index is 0.0608. The molecule has 4 nitrogen and oxygen atoms in total. The average molecular weight is 240 g/mol. The fraction of sp³-hybridized carbons (Fsp3) is 0.636. The number of nitrogens with zero attached hydrogens (tertiary/aromatic N) is 2. The van der Waals surface area contributed by atoms with Crippen molar-refractivity contribution in [2.45, 2.75) is 45.7 Å². The lowest BCUT2D eigenvalue weighted by Gasteiger charge is -2.22. The first-order valence-electron chi connectivity index (χ1n) is 5.43. The molecule has 1 rings (SSSR count). The van der Waals surface area contributed by atoms with Crippen LogP contribution in [0.1, 0.15) is 45.2 Å². The van der Waals surface area contributed by atoms with Crippen molar-refractivity contribution in [1.29, 1.82) is 0 Å². The van der Waals surface area contributed by atoms with Crippen LogP contribution in [-0.2, 0) is 0 Å². The molecule has 1 unspecified atom stereocenters. The molecular weight excluding hydrogens is 220 g/mol. The lowest BCUT2D eigenvalue weighted by atomic mass is 10.1. The molecule has 0 saturated carbocycles. The molecule has 1 aromatic heterocycles. The van der Waals surface area contributed by atoms with E-state index >= 15 is 0 Å². The van der Waals surface area contributed by atoms with Gasteiger partial charge in [0.15, 0.2) is 5.96 Å². The minimum atomic E-state index is -0.0608. The molecule has 0 aliphatic heterocycles. The van der Waals surface area contributed by atoms with Gasteiger partial charge in [-0.15, -0.1) is 11.3 Å². The van der Waals surface area contributed by atoms with Crippen molar-refractivity contribution in [2.24, 2.45) is 10.7 Å². The molecule has 1 atom stereocenters. The van der Waals surface area contributed by atoms with Crippen LogP contribution in [0.15, 0.2) is 16.6 Å². The number of hydrogen-bond acceptors (Lipinski definition) is 3. The normalized spacial score (nSPS) is 14.9. The fourth-order valence-electron chi connectivity index (χ4n) is 1.30. The van der Waals surface area contributed by atoms with Crippen molar-refractivity contribution >= 4 is 17.3 Å². The molecule has 0 saturated heterocycles. The summed E-state index contributed by atoms with van der Waals surface area (Å²) in [4.78, 5) is 8.72. The van der Waals surface area contributed by atoms with Crippen molar-refractivity contribution in [1.82, 2.24) is 10.3 Å². The Morgan fingerprint density at radius 3 is 2.75 bits per heavy atom. The highest BCUT2D eigenvalue weighted by atomic mass is 32.1. The summed E-state index contributed by atoms with van der Waals surface area (Å²) in [5.41, 5.74) is 5.80. The summed E-state index contributed by atoms with van der Waals surface area (Å²) in [5.74, 6) is 0.481. The van der Waals surface area contributed by atoms with Gasteiger partial charge in [0.05, 0.1) is 0 Å². The molecule has 3 N–H and O–H groups in total. The topological polar surface area (TPSA) is 63.3 Å². The van der Waals surface area contributed by atoms with E-state index in [9.17, 15) is 0 Å². The van der Waals surface area contributed by atoms with Gasteiger partial charge in [-0.1, -0.05) is 6.92 Å². The van der Waals surface area contributed by atoms with Gasteiger partial charge in [0, 0.05) is 17.1 Å². The van der Waals surface area contributed by atoms with Crippen LogP contribution < -0.4 is 11.1 Å². The molecule has 1 aromatic rings. The van der Waals surface area contributed by atoms with Crippen molar-refractivity contribution in [3.8, 4) is 0 Å². The molecule has 0 spiro atoms. The van der Waals surface area contributed by atoms with Gasteiger partial charge in [-0.3, -0.25) is 0 Å². The third-order valence-corrected chi connectivity index (χ3v) is 2.80. The van der Waals surface area contributed by atoms with Crippen LogP contribution in [0.25, 0.3) is 0 Å². The van der Waals surface area contributed by atoms with Gasteiger partial charge in [0.1, 0.15) is 11.0 Å².